The van der Waals surface area contributed by atoms with E-state index in [-0.39, 0.29) is 5.82 Å². The summed E-state index contributed by atoms with van der Waals surface area (Å²) in [5.74, 6) is 0.620. The van der Waals surface area contributed by atoms with E-state index in [0.29, 0.717) is 18.3 Å². The smallest absolute Gasteiger partial charge is 0.138 e. The molecule has 1 fully saturated rings. The van der Waals surface area contributed by atoms with Gasteiger partial charge in [0.1, 0.15) is 29.5 Å². The van der Waals surface area contributed by atoms with Gasteiger partial charge in [0.2, 0.25) is 0 Å². The zero-order valence-electron chi connectivity index (χ0n) is 21.0. The number of nitrogens with one attached hydrogen (secondary N) is 3. The van der Waals surface area contributed by atoms with Crippen LogP contribution in [0.5, 0.6) is 5.75 Å². The molecule has 8 nitrogen and oxygen atoms in total. The number of halogens is 1. The number of pyridine rings is 2. The normalized spacial score (nSPS) is 14.7. The summed E-state index contributed by atoms with van der Waals surface area (Å²) < 4.78 is 20.4. The molecule has 4 aromatic heterocycles. The van der Waals surface area contributed by atoms with E-state index in [4.69, 9.17) is 9.72 Å². The first-order chi connectivity index (χ1) is 18.0. The maximum Gasteiger partial charge on any atom is 0.138 e. The van der Waals surface area contributed by atoms with E-state index in [2.05, 4.69) is 31.5 Å². The van der Waals surface area contributed by atoms with Crippen LogP contribution in [0, 0.1) is 5.82 Å². The lowest BCUT2D eigenvalue weighted by Gasteiger charge is -2.22. The number of fused-ring (bicyclic) bond motifs is 2. The highest BCUT2D eigenvalue weighted by atomic mass is 19.1. The largest absolute Gasteiger partial charge is 0.492 e. The standard InChI is InChI=1S/C28H30FN7O/c1-36(2)9-10-37-20-12-18(11-19(29)13-20)21-5-8-31-28-22(21)14-25(33-28)27-23-15-24(17-3-6-30-7-4-17)32-16-26(23)34-35-27/h5,8,11-17,30H,3-4,6-7,9-10H2,1-2H3,(H,31,33)(H,34,35). The zero-order valence-corrected chi connectivity index (χ0v) is 21.0. The number of H-pyrrole nitrogens is 2. The highest BCUT2D eigenvalue weighted by Gasteiger charge is 2.20. The fourth-order valence-corrected chi connectivity index (χ4v) is 5.03. The molecular weight excluding hydrogens is 469 g/mol. The number of aromatic nitrogens is 5. The predicted molar refractivity (Wildman–Crippen MR) is 143 cm³/mol. The van der Waals surface area contributed by atoms with E-state index in [1.807, 2.05) is 43.4 Å². The third kappa shape index (κ3) is 4.80. The van der Waals surface area contributed by atoms with Gasteiger partial charge in [-0.15, -0.1) is 0 Å². The van der Waals surface area contributed by atoms with Gasteiger partial charge in [0.15, 0.2) is 0 Å². The Morgan fingerprint density at radius 2 is 1.92 bits per heavy atom. The average Bonchev–Trinajstić information content (AvgIpc) is 3.52. The number of hydrogen-bond acceptors (Lipinski definition) is 6. The molecule has 0 unspecified atom stereocenters. The van der Waals surface area contributed by atoms with Gasteiger partial charge in [-0.05, 0) is 81.5 Å². The predicted octanol–water partition coefficient (Wildman–Crippen LogP) is 4.71. The molecule has 190 valence electrons. The van der Waals surface area contributed by atoms with Crippen LogP contribution in [0.3, 0.4) is 0 Å². The summed E-state index contributed by atoms with van der Waals surface area (Å²) in [5.41, 5.74) is 6.00. The van der Waals surface area contributed by atoms with E-state index in [9.17, 15) is 4.39 Å². The van der Waals surface area contributed by atoms with Crippen molar-refractivity contribution in [2.45, 2.75) is 18.8 Å². The maximum atomic E-state index is 14.6. The molecule has 5 aromatic rings. The summed E-state index contributed by atoms with van der Waals surface area (Å²) >= 11 is 0. The van der Waals surface area contributed by atoms with Gasteiger partial charge in [0.05, 0.1) is 17.4 Å². The van der Waals surface area contributed by atoms with Gasteiger partial charge < -0.3 is 19.9 Å². The number of piperidine rings is 1. The molecule has 0 amide bonds. The van der Waals surface area contributed by atoms with E-state index in [1.165, 1.54) is 12.1 Å². The molecule has 1 saturated heterocycles. The van der Waals surface area contributed by atoms with Gasteiger partial charge in [-0.3, -0.25) is 10.1 Å². The summed E-state index contributed by atoms with van der Waals surface area (Å²) in [6.45, 7) is 3.26. The third-order valence-corrected chi connectivity index (χ3v) is 7.00. The molecule has 0 radical (unpaired) electrons. The summed E-state index contributed by atoms with van der Waals surface area (Å²) in [6.07, 6.45) is 5.77. The summed E-state index contributed by atoms with van der Waals surface area (Å²) in [4.78, 5) is 14.7. The highest BCUT2D eigenvalue weighted by Crippen LogP contribution is 2.35. The lowest BCUT2D eigenvalue weighted by atomic mass is 9.93. The number of aromatic amines is 2. The van der Waals surface area contributed by atoms with Gasteiger partial charge in [0.25, 0.3) is 0 Å². The van der Waals surface area contributed by atoms with Crippen molar-refractivity contribution in [1.29, 1.82) is 0 Å². The average molecular weight is 500 g/mol. The monoisotopic (exact) mass is 499 g/mol. The van der Waals surface area contributed by atoms with Crippen molar-refractivity contribution in [2.75, 3.05) is 40.3 Å². The molecule has 3 N–H and O–H groups in total. The molecule has 5 heterocycles. The highest BCUT2D eigenvalue weighted by molar-refractivity contribution is 5.99. The van der Waals surface area contributed by atoms with E-state index < -0.39 is 0 Å². The van der Waals surface area contributed by atoms with Crippen LogP contribution >= 0.6 is 0 Å². The molecule has 1 aliphatic rings. The Kier molecular flexibility index (Phi) is 6.31. The first kappa shape index (κ1) is 23.6. The second kappa shape index (κ2) is 9.91. The lowest BCUT2D eigenvalue weighted by Crippen LogP contribution is -2.27. The van der Waals surface area contributed by atoms with Crippen LogP contribution in [0.1, 0.15) is 24.5 Å². The Hall–Kier alpha value is -3.82. The Labute approximate surface area is 214 Å². The first-order valence-electron chi connectivity index (χ1n) is 12.7. The van der Waals surface area contributed by atoms with Crippen LogP contribution in [0.15, 0.2) is 48.8 Å². The van der Waals surface area contributed by atoms with Crippen molar-refractivity contribution >= 4 is 21.9 Å². The summed E-state index contributed by atoms with van der Waals surface area (Å²) in [7, 11) is 3.95. The summed E-state index contributed by atoms with van der Waals surface area (Å²) in [6, 6.07) is 10.9. The van der Waals surface area contributed by atoms with E-state index >= 15 is 0 Å². The van der Waals surface area contributed by atoms with Crippen LogP contribution in [0.4, 0.5) is 4.39 Å². The van der Waals surface area contributed by atoms with Crippen LogP contribution < -0.4 is 10.1 Å². The number of ether oxygens (including phenoxy) is 1. The van der Waals surface area contributed by atoms with Crippen LogP contribution in [-0.2, 0) is 0 Å². The number of benzene rings is 1. The van der Waals surface area contributed by atoms with E-state index in [0.717, 1.165) is 82.6 Å². The first-order valence-corrected chi connectivity index (χ1v) is 12.7. The van der Waals surface area contributed by atoms with Gasteiger partial charge in [-0.25, -0.2) is 9.37 Å². The Balaban J connectivity index is 1.37. The van der Waals surface area contributed by atoms with Crippen molar-refractivity contribution in [2.24, 2.45) is 0 Å². The van der Waals surface area contributed by atoms with Gasteiger partial charge in [-0.2, -0.15) is 5.10 Å². The zero-order chi connectivity index (χ0) is 25.4. The van der Waals surface area contributed by atoms with Crippen molar-refractivity contribution in [1.82, 2.24) is 35.4 Å². The quantitative estimate of drug-likeness (QED) is 0.300. The fraction of sp³-hybridized carbons (Fsp3) is 0.321. The molecule has 37 heavy (non-hydrogen) atoms. The minimum Gasteiger partial charge on any atom is -0.492 e. The van der Waals surface area contributed by atoms with Gasteiger partial charge in [-0.1, -0.05) is 0 Å². The second-order valence-corrected chi connectivity index (χ2v) is 9.88. The molecular formula is C28H30FN7O. The topological polar surface area (TPSA) is 94.8 Å². The number of nitrogens with zero attached hydrogens (tertiary/aromatic N) is 4. The molecule has 6 rings (SSSR count). The van der Waals surface area contributed by atoms with E-state index in [1.54, 1.807) is 6.20 Å². The Bertz CT molecular complexity index is 1550. The van der Waals surface area contributed by atoms with Crippen molar-refractivity contribution in [3.05, 3.63) is 60.3 Å². The van der Waals surface area contributed by atoms with Gasteiger partial charge >= 0.3 is 0 Å². The van der Waals surface area contributed by atoms with Crippen molar-refractivity contribution in [3.8, 4) is 28.3 Å². The Morgan fingerprint density at radius 1 is 1.05 bits per heavy atom. The van der Waals surface area contributed by atoms with Crippen LogP contribution in [0.2, 0.25) is 0 Å². The number of hydrogen-bond donors (Lipinski definition) is 3. The third-order valence-electron chi connectivity index (χ3n) is 7.00. The fourth-order valence-electron chi connectivity index (χ4n) is 5.03. The summed E-state index contributed by atoms with van der Waals surface area (Å²) in [5, 5.41) is 13.1. The SMILES string of the molecule is CN(C)CCOc1cc(F)cc(-c2ccnc3[nH]c(-c4n[nH]c5cnc(C6CCNCC6)cc45)cc23)c1. The van der Waals surface area contributed by atoms with Crippen molar-refractivity contribution < 1.29 is 9.13 Å². The Morgan fingerprint density at radius 3 is 2.76 bits per heavy atom. The molecule has 1 aliphatic heterocycles. The van der Waals surface area contributed by atoms with Crippen molar-refractivity contribution in [3.63, 3.8) is 0 Å². The number of likely N-dealkylation sites (N-methyl/N-ethyl adjacent to an activating group) is 1. The molecule has 0 saturated carbocycles. The molecule has 0 spiro atoms. The molecule has 0 bridgehead atoms. The number of rotatable bonds is 7. The molecule has 0 aliphatic carbocycles. The van der Waals surface area contributed by atoms with Crippen LogP contribution in [0.25, 0.3) is 44.5 Å². The maximum absolute atomic E-state index is 14.6. The molecule has 9 heteroatoms. The minimum atomic E-state index is -0.339. The minimum absolute atomic E-state index is 0.339. The van der Waals surface area contributed by atoms with Crippen LogP contribution in [-0.4, -0.2) is 70.4 Å². The lowest BCUT2D eigenvalue weighted by molar-refractivity contribution is 0.260. The molecule has 0 atom stereocenters. The van der Waals surface area contributed by atoms with Gasteiger partial charge in [0, 0.05) is 41.2 Å². The molecule has 1 aromatic carbocycles. The second-order valence-electron chi connectivity index (χ2n) is 9.88.